The van der Waals surface area contributed by atoms with Crippen molar-refractivity contribution in [2.24, 2.45) is 7.05 Å². The van der Waals surface area contributed by atoms with E-state index in [1.54, 1.807) is 29.1 Å². The average molecular weight is 586 g/mol. The van der Waals surface area contributed by atoms with Crippen LogP contribution in [0.1, 0.15) is 36.4 Å². The quantitative estimate of drug-likeness (QED) is 0.265. The van der Waals surface area contributed by atoms with E-state index in [0.717, 1.165) is 35.2 Å². The Kier molecular flexibility index (Phi) is 8.06. The first-order valence-electron chi connectivity index (χ1n) is 12.9. The molecule has 1 saturated carbocycles. The molecule has 0 unspecified atom stereocenters. The van der Waals surface area contributed by atoms with E-state index in [1.807, 2.05) is 13.1 Å². The minimum atomic E-state index is -4.67. The number of ether oxygens (including phenoxy) is 3. The molecule has 0 bridgehead atoms. The van der Waals surface area contributed by atoms with E-state index in [1.165, 1.54) is 26.5 Å². The Morgan fingerprint density at radius 3 is 2.51 bits per heavy atom. The van der Waals surface area contributed by atoms with Gasteiger partial charge in [0.25, 0.3) is 10.0 Å². The van der Waals surface area contributed by atoms with Crippen LogP contribution in [0, 0.1) is 11.6 Å². The number of anilines is 1. The first kappa shape index (κ1) is 28.3. The molecule has 10 nitrogen and oxygen atoms in total. The van der Waals surface area contributed by atoms with Crippen molar-refractivity contribution in [3.8, 4) is 17.2 Å². The summed E-state index contributed by atoms with van der Waals surface area (Å²) in [7, 11) is 0.0651. The van der Waals surface area contributed by atoms with Crippen molar-refractivity contribution in [1.82, 2.24) is 19.7 Å². The predicted molar refractivity (Wildman–Crippen MR) is 146 cm³/mol. The van der Waals surface area contributed by atoms with Crippen molar-refractivity contribution in [2.75, 3.05) is 18.5 Å². The summed E-state index contributed by atoms with van der Waals surface area (Å²) in [5.41, 5.74) is 1.38. The largest absolute Gasteiger partial charge is 0.497 e. The van der Waals surface area contributed by atoms with Crippen molar-refractivity contribution in [3.63, 3.8) is 0 Å². The van der Waals surface area contributed by atoms with Crippen LogP contribution in [0.15, 0.2) is 66.1 Å². The molecule has 4 aromatic rings. The van der Waals surface area contributed by atoms with Crippen LogP contribution in [0.4, 0.5) is 14.6 Å². The molecule has 0 amide bonds. The van der Waals surface area contributed by atoms with Gasteiger partial charge in [0.2, 0.25) is 0 Å². The van der Waals surface area contributed by atoms with Gasteiger partial charge in [0.05, 0.1) is 20.8 Å². The van der Waals surface area contributed by atoms with E-state index in [-0.39, 0.29) is 24.0 Å². The van der Waals surface area contributed by atoms with Gasteiger partial charge in [-0.2, -0.15) is 5.10 Å². The summed E-state index contributed by atoms with van der Waals surface area (Å²) < 4.78 is 77.9. The Balaban J connectivity index is 1.48. The number of methoxy groups -OCH3 is 2. The number of aromatic nitrogens is 4. The zero-order valence-electron chi connectivity index (χ0n) is 22.7. The zero-order chi connectivity index (χ0) is 29.1. The number of nitrogens with zero attached hydrogens (tertiary/aromatic N) is 5. The average Bonchev–Trinajstić information content (AvgIpc) is 3.61. The molecule has 216 valence electrons. The van der Waals surface area contributed by atoms with Crippen molar-refractivity contribution < 1.29 is 31.4 Å². The summed E-state index contributed by atoms with van der Waals surface area (Å²) in [5, 5.41) is 4.20. The molecular formula is C28H29F2N5O5S. The van der Waals surface area contributed by atoms with Gasteiger partial charge in [-0.15, -0.1) is 0 Å². The standard InChI is InChI=1S/C28H29F2N5O5S/c1-34-23(9-12-33-34)20-5-4-6-24(20)40-26-14-22(30)27(15-21(26)29)41(36,37)35(28-10-11-31-17-32-28)16-18-7-8-19(38-2)13-25(18)39-3/h7-15,17,20,24H,4-6,16H2,1-3H3/t20-,24+/m1/s1. The Labute approximate surface area is 236 Å². The van der Waals surface area contributed by atoms with Crippen molar-refractivity contribution >= 4 is 15.8 Å². The van der Waals surface area contributed by atoms with Crippen LogP contribution in [0.25, 0.3) is 0 Å². The molecule has 2 aromatic heterocycles. The molecular weight excluding hydrogens is 556 g/mol. The lowest BCUT2D eigenvalue weighted by Gasteiger charge is -2.25. The molecule has 0 radical (unpaired) electrons. The highest BCUT2D eigenvalue weighted by atomic mass is 32.2. The predicted octanol–water partition coefficient (Wildman–Crippen LogP) is 4.62. The summed E-state index contributed by atoms with van der Waals surface area (Å²) in [6, 6.07) is 9.51. The molecule has 41 heavy (non-hydrogen) atoms. The van der Waals surface area contributed by atoms with E-state index >= 15 is 8.78 Å². The number of benzene rings is 2. The summed E-state index contributed by atoms with van der Waals surface area (Å²) in [4.78, 5) is 7.04. The third-order valence-corrected chi connectivity index (χ3v) is 8.92. The van der Waals surface area contributed by atoms with Gasteiger partial charge in [0, 0.05) is 60.9 Å². The van der Waals surface area contributed by atoms with E-state index < -0.39 is 32.7 Å². The highest BCUT2D eigenvalue weighted by Crippen LogP contribution is 2.39. The lowest BCUT2D eigenvalue weighted by atomic mass is 10.0. The lowest BCUT2D eigenvalue weighted by molar-refractivity contribution is 0.178. The Hall–Kier alpha value is -4.26. The molecule has 0 spiro atoms. The van der Waals surface area contributed by atoms with E-state index in [4.69, 9.17) is 14.2 Å². The lowest BCUT2D eigenvalue weighted by Crippen LogP contribution is -2.32. The van der Waals surface area contributed by atoms with Crippen LogP contribution < -0.4 is 18.5 Å². The molecule has 1 aliphatic carbocycles. The normalized spacial score (nSPS) is 16.9. The van der Waals surface area contributed by atoms with Crippen molar-refractivity contribution in [1.29, 1.82) is 0 Å². The van der Waals surface area contributed by atoms with Gasteiger partial charge in [-0.05, 0) is 37.5 Å². The Bertz CT molecular complexity index is 1630. The van der Waals surface area contributed by atoms with Gasteiger partial charge in [0.1, 0.15) is 40.5 Å². The first-order valence-corrected chi connectivity index (χ1v) is 14.3. The van der Waals surface area contributed by atoms with Gasteiger partial charge >= 0.3 is 0 Å². The second-order valence-electron chi connectivity index (χ2n) is 9.54. The number of hydrogen-bond acceptors (Lipinski definition) is 8. The van der Waals surface area contributed by atoms with Crippen LogP contribution in [0.5, 0.6) is 17.2 Å². The molecule has 2 atom stereocenters. The smallest absolute Gasteiger partial charge is 0.268 e. The minimum absolute atomic E-state index is 0.0389. The fourth-order valence-corrected chi connectivity index (χ4v) is 6.55. The van der Waals surface area contributed by atoms with Gasteiger partial charge in [-0.3, -0.25) is 4.68 Å². The number of hydrogen-bond donors (Lipinski definition) is 0. The second kappa shape index (κ2) is 11.7. The molecule has 5 rings (SSSR count). The Morgan fingerprint density at radius 2 is 1.83 bits per heavy atom. The van der Waals surface area contributed by atoms with E-state index in [2.05, 4.69) is 15.1 Å². The molecule has 2 aromatic carbocycles. The molecule has 2 heterocycles. The SMILES string of the molecule is COc1ccc(CN(c2ccncn2)S(=O)(=O)c2cc(F)c(O[C@H]3CCC[C@@H]3c3ccnn3C)cc2F)c(OC)c1. The van der Waals surface area contributed by atoms with Crippen LogP contribution in [-0.4, -0.2) is 48.5 Å². The summed E-state index contributed by atoms with van der Waals surface area (Å²) >= 11 is 0. The van der Waals surface area contributed by atoms with Crippen LogP contribution >= 0.6 is 0 Å². The summed E-state index contributed by atoms with van der Waals surface area (Å²) in [6.45, 7) is -0.291. The van der Waals surface area contributed by atoms with Crippen LogP contribution in [-0.2, 0) is 23.6 Å². The topological polar surface area (TPSA) is 109 Å². The fourth-order valence-electron chi connectivity index (χ4n) is 5.09. The zero-order valence-corrected chi connectivity index (χ0v) is 23.5. The monoisotopic (exact) mass is 585 g/mol. The molecule has 13 heteroatoms. The molecule has 1 aliphatic rings. The van der Waals surface area contributed by atoms with Gasteiger partial charge in [-0.25, -0.2) is 31.5 Å². The minimum Gasteiger partial charge on any atom is -0.497 e. The highest BCUT2D eigenvalue weighted by molar-refractivity contribution is 7.92. The third kappa shape index (κ3) is 5.67. The number of halogens is 2. The number of sulfonamides is 1. The van der Waals surface area contributed by atoms with Crippen molar-refractivity contribution in [2.45, 2.75) is 42.7 Å². The van der Waals surface area contributed by atoms with Crippen molar-refractivity contribution in [3.05, 3.63) is 84.1 Å². The van der Waals surface area contributed by atoms with Crippen LogP contribution in [0.3, 0.4) is 0 Å². The second-order valence-corrected chi connectivity index (χ2v) is 11.4. The first-order chi connectivity index (χ1) is 19.7. The van der Waals surface area contributed by atoms with E-state index in [0.29, 0.717) is 29.5 Å². The maximum absolute atomic E-state index is 15.6. The Morgan fingerprint density at radius 1 is 1.00 bits per heavy atom. The maximum atomic E-state index is 15.6. The van der Waals surface area contributed by atoms with Gasteiger partial charge in [0.15, 0.2) is 11.6 Å². The van der Waals surface area contributed by atoms with Gasteiger partial charge in [-0.1, -0.05) is 0 Å². The summed E-state index contributed by atoms with van der Waals surface area (Å²) in [6.07, 6.45) is 6.07. The number of aryl methyl sites for hydroxylation is 1. The summed E-state index contributed by atoms with van der Waals surface area (Å²) in [5.74, 6) is -1.76. The van der Waals surface area contributed by atoms with Gasteiger partial charge < -0.3 is 14.2 Å². The molecule has 0 aliphatic heterocycles. The third-order valence-electron chi connectivity index (χ3n) is 7.15. The molecule has 1 fully saturated rings. The van der Waals surface area contributed by atoms with Crippen LogP contribution in [0.2, 0.25) is 0 Å². The molecule has 0 saturated heterocycles. The number of rotatable bonds is 10. The van der Waals surface area contributed by atoms with E-state index in [9.17, 15) is 8.42 Å². The fraction of sp³-hybridized carbons (Fsp3) is 0.321. The maximum Gasteiger partial charge on any atom is 0.268 e. The molecule has 0 N–H and O–H groups in total. The highest BCUT2D eigenvalue weighted by Gasteiger charge is 2.35.